The Hall–Kier alpha value is -2.68. The molecular weight excluding hydrogens is 328 g/mol. The highest BCUT2D eigenvalue weighted by Gasteiger charge is 2.19. The predicted molar refractivity (Wildman–Crippen MR) is 92.4 cm³/mol. The molecule has 0 saturated carbocycles. The van der Waals surface area contributed by atoms with E-state index in [4.69, 9.17) is 15.7 Å². The van der Waals surface area contributed by atoms with Crippen LogP contribution in [0.2, 0.25) is 0 Å². The number of amidine groups is 1. The van der Waals surface area contributed by atoms with Crippen molar-refractivity contribution in [3.05, 3.63) is 39.4 Å². The van der Waals surface area contributed by atoms with Gasteiger partial charge in [-0.1, -0.05) is 17.3 Å². The van der Waals surface area contributed by atoms with Crippen molar-refractivity contribution >= 4 is 17.5 Å². The number of hydrogen-bond acceptors (Lipinski definition) is 7. The van der Waals surface area contributed by atoms with Crippen LogP contribution in [0, 0.1) is 10.1 Å². The van der Waals surface area contributed by atoms with Crippen LogP contribution < -0.4 is 5.73 Å². The summed E-state index contributed by atoms with van der Waals surface area (Å²) in [4.78, 5) is 24.3. The molecule has 9 heteroatoms. The Kier molecular flexibility index (Phi) is 6.86. The summed E-state index contributed by atoms with van der Waals surface area (Å²) in [6.07, 6.45) is 0.184. The Labute approximate surface area is 146 Å². The maximum absolute atomic E-state index is 11.7. The number of benzene rings is 1. The molecule has 0 aliphatic rings. The topological polar surface area (TPSA) is 131 Å². The second-order valence-electron chi connectivity index (χ2n) is 6.66. The predicted octanol–water partition coefficient (Wildman–Crippen LogP) is 1.85. The number of carbonyl (C=O) groups excluding carboxylic acids is 1. The molecule has 0 atom stereocenters. The van der Waals surface area contributed by atoms with Crippen LogP contribution in [-0.2, 0) is 16.1 Å². The van der Waals surface area contributed by atoms with Gasteiger partial charge in [0.05, 0.1) is 11.3 Å². The lowest BCUT2D eigenvalue weighted by Crippen LogP contribution is -2.27. The number of ether oxygens (including phenoxy) is 1. The maximum Gasteiger partial charge on any atom is 0.307 e. The summed E-state index contributed by atoms with van der Waals surface area (Å²) in [7, 11) is 1.76. The maximum atomic E-state index is 11.7. The first-order chi connectivity index (χ1) is 11.5. The standard InChI is InChI=1S/C16H24N4O5/c1-16(2,3)25-14(21)7-8-19(4)10-12-6-5-11(15(17)18-22)9-13(12)20(23)24/h5-6,9,22H,7-8,10H2,1-4H3,(H2,17,18). The molecule has 0 amide bonds. The Morgan fingerprint density at radius 1 is 1.44 bits per heavy atom. The van der Waals surface area contributed by atoms with Gasteiger partial charge in [-0.25, -0.2) is 0 Å². The van der Waals surface area contributed by atoms with Gasteiger partial charge in [-0.05, 0) is 27.8 Å². The van der Waals surface area contributed by atoms with E-state index < -0.39 is 10.5 Å². The van der Waals surface area contributed by atoms with Crippen molar-refractivity contribution < 1.29 is 19.7 Å². The molecule has 0 fully saturated rings. The number of carbonyl (C=O) groups is 1. The van der Waals surface area contributed by atoms with E-state index in [1.165, 1.54) is 6.07 Å². The fourth-order valence-electron chi connectivity index (χ4n) is 2.13. The first-order valence-corrected chi connectivity index (χ1v) is 7.69. The van der Waals surface area contributed by atoms with E-state index in [0.29, 0.717) is 12.1 Å². The number of nitrogens with zero attached hydrogens (tertiary/aromatic N) is 3. The molecule has 0 aromatic heterocycles. The lowest BCUT2D eigenvalue weighted by molar-refractivity contribution is -0.385. The van der Waals surface area contributed by atoms with Crippen molar-refractivity contribution in [3.8, 4) is 0 Å². The van der Waals surface area contributed by atoms with Gasteiger partial charge < -0.3 is 20.6 Å². The van der Waals surface area contributed by atoms with Crippen molar-refractivity contribution in [2.24, 2.45) is 10.9 Å². The van der Waals surface area contributed by atoms with Crippen molar-refractivity contribution in [2.75, 3.05) is 13.6 Å². The molecular formula is C16H24N4O5. The van der Waals surface area contributed by atoms with E-state index in [9.17, 15) is 14.9 Å². The first kappa shape index (κ1) is 20.4. The van der Waals surface area contributed by atoms with Gasteiger partial charge >= 0.3 is 5.97 Å². The van der Waals surface area contributed by atoms with Crippen molar-refractivity contribution in [2.45, 2.75) is 39.3 Å². The molecule has 0 aliphatic carbocycles. The van der Waals surface area contributed by atoms with Crippen LogP contribution >= 0.6 is 0 Å². The van der Waals surface area contributed by atoms with E-state index >= 15 is 0 Å². The largest absolute Gasteiger partial charge is 0.460 e. The highest BCUT2D eigenvalue weighted by Crippen LogP contribution is 2.22. The number of rotatable bonds is 7. The molecule has 0 bridgehead atoms. The molecule has 9 nitrogen and oxygen atoms in total. The smallest absolute Gasteiger partial charge is 0.307 e. The van der Waals surface area contributed by atoms with E-state index in [2.05, 4.69) is 5.16 Å². The molecule has 0 unspecified atom stereocenters. The normalized spacial score (nSPS) is 12.3. The molecule has 1 aromatic carbocycles. The summed E-state index contributed by atoms with van der Waals surface area (Å²) in [6.45, 7) is 6.05. The van der Waals surface area contributed by atoms with E-state index in [1.54, 1.807) is 44.9 Å². The first-order valence-electron chi connectivity index (χ1n) is 7.69. The number of hydrogen-bond donors (Lipinski definition) is 2. The number of nitrogens with two attached hydrogens (primary N) is 1. The highest BCUT2D eigenvalue weighted by atomic mass is 16.6. The van der Waals surface area contributed by atoms with Crippen LogP contribution in [0.5, 0.6) is 0 Å². The minimum absolute atomic E-state index is 0.131. The van der Waals surface area contributed by atoms with Gasteiger partial charge in [-0.15, -0.1) is 0 Å². The Morgan fingerprint density at radius 2 is 2.08 bits per heavy atom. The second-order valence-corrected chi connectivity index (χ2v) is 6.66. The fourth-order valence-corrected chi connectivity index (χ4v) is 2.13. The van der Waals surface area contributed by atoms with Crippen LogP contribution in [-0.4, -0.2) is 46.0 Å². The molecule has 0 saturated heterocycles. The van der Waals surface area contributed by atoms with Gasteiger partial charge in [0.2, 0.25) is 0 Å². The Morgan fingerprint density at radius 3 is 2.60 bits per heavy atom. The van der Waals surface area contributed by atoms with Gasteiger partial charge in [0.25, 0.3) is 5.69 Å². The van der Waals surface area contributed by atoms with Crippen molar-refractivity contribution in [1.82, 2.24) is 4.90 Å². The van der Waals surface area contributed by atoms with E-state index in [-0.39, 0.29) is 36.0 Å². The summed E-state index contributed by atoms with van der Waals surface area (Å²) < 4.78 is 5.23. The molecule has 0 spiro atoms. The lowest BCUT2D eigenvalue weighted by atomic mass is 10.1. The molecule has 0 heterocycles. The number of nitro benzene ring substituents is 1. The van der Waals surface area contributed by atoms with Gasteiger partial charge in [0.15, 0.2) is 5.84 Å². The molecule has 0 radical (unpaired) electrons. The highest BCUT2D eigenvalue weighted by molar-refractivity contribution is 5.97. The monoisotopic (exact) mass is 352 g/mol. The van der Waals surface area contributed by atoms with Gasteiger partial charge in [-0.3, -0.25) is 14.9 Å². The SMILES string of the molecule is CN(CCC(=O)OC(C)(C)C)Cc1ccc(/C(N)=N/O)cc1[N+](=O)[O-]. The quantitative estimate of drug-likeness (QED) is 0.191. The summed E-state index contributed by atoms with van der Waals surface area (Å²) in [5.74, 6) is -0.524. The summed E-state index contributed by atoms with van der Waals surface area (Å²) in [5.41, 5.74) is 5.51. The lowest BCUT2D eigenvalue weighted by Gasteiger charge is -2.21. The minimum Gasteiger partial charge on any atom is -0.460 e. The minimum atomic E-state index is -0.543. The van der Waals surface area contributed by atoms with Crippen LogP contribution in [0.3, 0.4) is 0 Å². The third-order valence-corrected chi connectivity index (χ3v) is 3.24. The van der Waals surface area contributed by atoms with Gasteiger partial charge in [0.1, 0.15) is 5.60 Å². The Bertz CT molecular complexity index is 667. The van der Waals surface area contributed by atoms with E-state index in [0.717, 1.165) is 0 Å². The number of esters is 1. The molecule has 25 heavy (non-hydrogen) atoms. The molecule has 3 N–H and O–H groups in total. The van der Waals surface area contributed by atoms with Crippen LogP contribution in [0.1, 0.15) is 38.3 Å². The summed E-state index contributed by atoms with van der Waals surface area (Å²) >= 11 is 0. The molecule has 1 rings (SSSR count). The zero-order valence-corrected chi connectivity index (χ0v) is 14.9. The van der Waals surface area contributed by atoms with Gasteiger partial charge in [-0.2, -0.15) is 0 Å². The number of oxime groups is 1. The number of nitro groups is 1. The zero-order chi connectivity index (χ0) is 19.2. The zero-order valence-electron chi connectivity index (χ0n) is 14.9. The molecule has 138 valence electrons. The third kappa shape index (κ3) is 6.76. The van der Waals surface area contributed by atoms with Crippen LogP contribution in [0.15, 0.2) is 23.4 Å². The summed E-state index contributed by atoms with van der Waals surface area (Å²) in [5, 5.41) is 22.8. The van der Waals surface area contributed by atoms with Crippen LogP contribution in [0.4, 0.5) is 5.69 Å². The third-order valence-electron chi connectivity index (χ3n) is 3.24. The van der Waals surface area contributed by atoms with E-state index in [1.807, 2.05) is 0 Å². The van der Waals surface area contributed by atoms with Crippen LogP contribution in [0.25, 0.3) is 0 Å². The average molecular weight is 352 g/mol. The second kappa shape index (κ2) is 8.43. The van der Waals surface area contributed by atoms with Crippen molar-refractivity contribution in [3.63, 3.8) is 0 Å². The molecule has 1 aromatic rings. The summed E-state index contributed by atoms with van der Waals surface area (Å²) in [6, 6.07) is 4.35. The fraction of sp³-hybridized carbons (Fsp3) is 0.500. The van der Waals surface area contributed by atoms with Crippen molar-refractivity contribution in [1.29, 1.82) is 0 Å². The average Bonchev–Trinajstić information content (AvgIpc) is 2.50. The van der Waals surface area contributed by atoms with Gasteiger partial charge in [0, 0.05) is 30.3 Å². The molecule has 0 aliphatic heterocycles. The Balaban J connectivity index is 2.78.